The van der Waals surface area contributed by atoms with Crippen molar-refractivity contribution >= 4 is 29.9 Å². The van der Waals surface area contributed by atoms with Crippen molar-refractivity contribution in [2.45, 2.75) is 46.1 Å². The molecule has 3 N–H and O–H groups in total. The Balaban J connectivity index is 0.00000529. The maximum absolute atomic E-state index is 10.6. The van der Waals surface area contributed by atoms with Crippen LogP contribution in [0, 0.1) is 5.92 Å². The van der Waals surface area contributed by atoms with Gasteiger partial charge < -0.3 is 20.5 Å². The monoisotopic (exact) mass is 456 g/mol. The van der Waals surface area contributed by atoms with Gasteiger partial charge in [0.2, 0.25) is 0 Å². The first-order valence-corrected chi connectivity index (χ1v) is 9.05. The Morgan fingerprint density at radius 3 is 2.38 bits per heavy atom. The number of halogens is 1. The topological polar surface area (TPSA) is 69.1 Å². The number of nitrogens with zero attached hydrogens (tertiary/aromatic N) is 2. The van der Waals surface area contributed by atoms with Crippen molar-refractivity contribution < 1.29 is 9.84 Å². The molecule has 1 aliphatic rings. The summed E-state index contributed by atoms with van der Waals surface area (Å²) in [5.74, 6) is 1.45. The fourth-order valence-electron chi connectivity index (χ4n) is 2.70. The Hall–Kier alpha value is -0.120. The van der Waals surface area contributed by atoms with Crippen LogP contribution in [0.2, 0.25) is 0 Å². The molecule has 0 bridgehead atoms. The predicted molar refractivity (Wildman–Crippen MR) is 111 cm³/mol. The van der Waals surface area contributed by atoms with E-state index >= 15 is 0 Å². The van der Waals surface area contributed by atoms with Gasteiger partial charge in [0.25, 0.3) is 0 Å². The number of guanidine groups is 1. The molecule has 0 aliphatic carbocycles. The van der Waals surface area contributed by atoms with Gasteiger partial charge in [-0.05, 0) is 19.8 Å². The Bertz CT molecular complexity index is 343. The second-order valence-electron chi connectivity index (χ2n) is 6.64. The summed E-state index contributed by atoms with van der Waals surface area (Å²) in [4.78, 5) is 6.82. The van der Waals surface area contributed by atoms with Crippen molar-refractivity contribution in [2.24, 2.45) is 10.9 Å². The molecular weight excluding hydrogens is 419 g/mol. The Morgan fingerprint density at radius 1 is 1.21 bits per heavy atom. The third-order valence-electron chi connectivity index (χ3n) is 4.30. The van der Waals surface area contributed by atoms with E-state index in [1.54, 1.807) is 0 Å². The summed E-state index contributed by atoms with van der Waals surface area (Å²) in [5.41, 5.74) is -0.825. The van der Waals surface area contributed by atoms with Crippen molar-refractivity contribution in [3.05, 3.63) is 0 Å². The van der Waals surface area contributed by atoms with Crippen LogP contribution < -0.4 is 10.6 Å². The largest absolute Gasteiger partial charge is 0.387 e. The fraction of sp³-hybridized carbons (Fsp3) is 0.941. The molecule has 0 radical (unpaired) electrons. The SMILES string of the molecule is CCNC(=NCC(C)(O)CN1CCOCC1)NCC(CC)CC.I. The number of rotatable bonds is 9. The normalized spacial score (nSPS) is 18.8. The van der Waals surface area contributed by atoms with E-state index in [0.717, 1.165) is 58.2 Å². The second-order valence-corrected chi connectivity index (χ2v) is 6.64. The van der Waals surface area contributed by atoms with E-state index in [9.17, 15) is 5.11 Å². The Morgan fingerprint density at radius 2 is 1.83 bits per heavy atom. The van der Waals surface area contributed by atoms with Gasteiger partial charge in [-0.2, -0.15) is 0 Å². The Labute approximate surface area is 164 Å². The highest BCUT2D eigenvalue weighted by Crippen LogP contribution is 2.09. The molecule has 1 heterocycles. The Kier molecular flexibility index (Phi) is 13.1. The lowest BCUT2D eigenvalue weighted by atomic mass is 10.0. The molecule has 1 aliphatic heterocycles. The molecule has 0 spiro atoms. The number of hydrogen-bond acceptors (Lipinski definition) is 4. The minimum atomic E-state index is -0.825. The van der Waals surface area contributed by atoms with Crippen LogP contribution in [0.25, 0.3) is 0 Å². The average Bonchev–Trinajstić information content (AvgIpc) is 2.54. The summed E-state index contributed by atoms with van der Waals surface area (Å²) in [6, 6.07) is 0. The molecule has 0 aromatic carbocycles. The van der Waals surface area contributed by atoms with Gasteiger partial charge >= 0.3 is 0 Å². The molecule has 7 heteroatoms. The molecule has 24 heavy (non-hydrogen) atoms. The number of hydrogen-bond donors (Lipinski definition) is 3. The molecule has 1 fully saturated rings. The van der Waals surface area contributed by atoms with Gasteiger partial charge in [-0.25, -0.2) is 0 Å². The van der Waals surface area contributed by atoms with Crippen LogP contribution in [-0.4, -0.2) is 74.0 Å². The molecule has 0 aromatic heterocycles. The smallest absolute Gasteiger partial charge is 0.191 e. The molecule has 1 rings (SSSR count). The van der Waals surface area contributed by atoms with E-state index in [1.165, 1.54) is 0 Å². The van der Waals surface area contributed by atoms with Crippen LogP contribution in [0.3, 0.4) is 0 Å². The number of β-amino-alcohol motifs (C(OH)–C–C–N with tert-alkyl or cyclic N) is 1. The van der Waals surface area contributed by atoms with Gasteiger partial charge in [-0.3, -0.25) is 9.89 Å². The molecule has 1 unspecified atom stereocenters. The lowest BCUT2D eigenvalue weighted by Crippen LogP contribution is -2.48. The highest BCUT2D eigenvalue weighted by atomic mass is 127. The minimum absolute atomic E-state index is 0. The molecule has 1 atom stereocenters. The maximum Gasteiger partial charge on any atom is 0.191 e. The lowest BCUT2D eigenvalue weighted by molar-refractivity contribution is -0.0180. The summed E-state index contributed by atoms with van der Waals surface area (Å²) in [7, 11) is 0. The summed E-state index contributed by atoms with van der Waals surface area (Å²) in [5, 5.41) is 17.3. The average molecular weight is 456 g/mol. The first-order chi connectivity index (χ1) is 11.0. The highest BCUT2D eigenvalue weighted by Gasteiger charge is 2.25. The third kappa shape index (κ3) is 10.0. The molecule has 0 aromatic rings. The second kappa shape index (κ2) is 13.1. The first-order valence-electron chi connectivity index (χ1n) is 9.05. The minimum Gasteiger partial charge on any atom is -0.387 e. The molecule has 0 saturated carbocycles. The summed E-state index contributed by atoms with van der Waals surface area (Å²) < 4.78 is 5.35. The number of aliphatic imine (C=N–C) groups is 1. The van der Waals surface area contributed by atoms with Gasteiger partial charge in [-0.15, -0.1) is 24.0 Å². The summed E-state index contributed by atoms with van der Waals surface area (Å²) >= 11 is 0. The van der Waals surface area contributed by atoms with Crippen molar-refractivity contribution in [1.29, 1.82) is 0 Å². The fourth-order valence-corrected chi connectivity index (χ4v) is 2.70. The number of aliphatic hydroxyl groups is 1. The van der Waals surface area contributed by atoms with Crippen LogP contribution in [0.5, 0.6) is 0 Å². The van der Waals surface area contributed by atoms with Gasteiger partial charge in [0.15, 0.2) is 5.96 Å². The first kappa shape index (κ1) is 23.9. The number of morpholine rings is 1. The van der Waals surface area contributed by atoms with Crippen LogP contribution in [0.1, 0.15) is 40.5 Å². The van der Waals surface area contributed by atoms with Crippen molar-refractivity contribution in [1.82, 2.24) is 15.5 Å². The number of ether oxygens (including phenoxy) is 1. The molecule has 0 amide bonds. The van der Waals surface area contributed by atoms with Crippen molar-refractivity contribution in [3.63, 3.8) is 0 Å². The van der Waals surface area contributed by atoms with Crippen LogP contribution in [0.4, 0.5) is 0 Å². The zero-order valence-corrected chi connectivity index (χ0v) is 18.1. The molecule has 1 saturated heterocycles. The molecule has 6 nitrogen and oxygen atoms in total. The van der Waals surface area contributed by atoms with E-state index in [4.69, 9.17) is 4.74 Å². The predicted octanol–water partition coefficient (Wildman–Crippen LogP) is 1.68. The van der Waals surface area contributed by atoms with E-state index in [0.29, 0.717) is 19.0 Å². The van der Waals surface area contributed by atoms with Crippen LogP contribution >= 0.6 is 24.0 Å². The van der Waals surface area contributed by atoms with Gasteiger partial charge in [0.1, 0.15) is 0 Å². The maximum atomic E-state index is 10.6. The quantitative estimate of drug-likeness (QED) is 0.280. The molecule has 144 valence electrons. The van der Waals surface area contributed by atoms with E-state index in [2.05, 4.69) is 41.3 Å². The van der Waals surface area contributed by atoms with Gasteiger partial charge in [0.05, 0.1) is 25.4 Å². The summed E-state index contributed by atoms with van der Waals surface area (Å²) in [6.45, 7) is 14.4. The van der Waals surface area contributed by atoms with E-state index in [-0.39, 0.29) is 24.0 Å². The van der Waals surface area contributed by atoms with Crippen molar-refractivity contribution in [3.8, 4) is 0 Å². The standard InChI is InChI=1S/C17H36N4O2.HI/c1-5-15(6-2)12-19-16(18-7-3)20-13-17(4,22)14-21-8-10-23-11-9-21;/h15,22H,5-14H2,1-4H3,(H2,18,19,20);1H. The zero-order valence-electron chi connectivity index (χ0n) is 15.8. The van der Waals surface area contributed by atoms with Crippen LogP contribution in [-0.2, 0) is 4.74 Å². The lowest BCUT2D eigenvalue weighted by Gasteiger charge is -2.33. The third-order valence-corrected chi connectivity index (χ3v) is 4.30. The zero-order chi connectivity index (χ0) is 17.1. The summed E-state index contributed by atoms with van der Waals surface area (Å²) in [6.07, 6.45) is 2.33. The van der Waals surface area contributed by atoms with Gasteiger partial charge in [0, 0.05) is 32.7 Å². The van der Waals surface area contributed by atoms with Crippen LogP contribution in [0.15, 0.2) is 4.99 Å². The van der Waals surface area contributed by atoms with Gasteiger partial charge in [-0.1, -0.05) is 26.7 Å². The van der Waals surface area contributed by atoms with E-state index < -0.39 is 5.60 Å². The highest BCUT2D eigenvalue weighted by molar-refractivity contribution is 14.0. The molecular formula is C17H37IN4O2. The number of nitrogens with one attached hydrogen (secondary N) is 2. The van der Waals surface area contributed by atoms with E-state index in [1.807, 2.05) is 6.92 Å². The van der Waals surface area contributed by atoms with Crippen molar-refractivity contribution in [2.75, 3.05) is 52.5 Å².